The van der Waals surface area contributed by atoms with Gasteiger partial charge < -0.3 is 37.2 Å². The molecule has 0 N–H and O–H groups in total. The van der Waals surface area contributed by atoms with E-state index < -0.39 is 7.82 Å². The molecule has 4 nitrogen and oxygen atoms in total. The van der Waals surface area contributed by atoms with Crippen LogP contribution in [0.5, 0.6) is 0 Å². The fourth-order valence-corrected chi connectivity index (χ4v) is 0. The van der Waals surface area contributed by atoms with E-state index in [0.29, 0.717) is 0 Å². The van der Waals surface area contributed by atoms with Gasteiger partial charge in [0.25, 0.3) is 0 Å². The summed E-state index contributed by atoms with van der Waals surface area (Å²) >= 11 is 0. The first-order valence-electron chi connectivity index (χ1n) is 0.730. The molecule has 0 saturated heterocycles. The zero-order valence-corrected chi connectivity index (χ0v) is 19.0. The molecule has 6 radical (unpaired) electrons. The van der Waals surface area contributed by atoms with Gasteiger partial charge in [0, 0.05) is 39.6 Å². The summed E-state index contributed by atoms with van der Waals surface area (Å²) in [5, 5.41) is 0. The Kier molecular flexibility index (Phi) is 68.8. The zero-order chi connectivity index (χ0) is 4.50. The second kappa shape index (κ2) is 18.5. The van der Waals surface area contributed by atoms with Gasteiger partial charge >= 0.3 is 51.7 Å². The summed E-state index contributed by atoms with van der Waals surface area (Å²) in [7, 11) is -5.39. The van der Waals surface area contributed by atoms with Crippen LogP contribution in [0, 0.1) is 0 Å². The molecule has 0 aromatic rings. The minimum absolute atomic E-state index is 0. The first-order chi connectivity index (χ1) is 2.00. The molecule has 0 aromatic carbocycles. The third kappa shape index (κ3) is 98.3. The maximum absolute atomic E-state index is 8.55. The van der Waals surface area contributed by atoms with Crippen LogP contribution in [0.15, 0.2) is 0 Å². The molecule has 0 fully saturated rings. The molecule has 0 atom stereocenters. The molecule has 0 heterocycles. The third-order valence-electron chi connectivity index (χ3n) is 0. The molecular formula is AsGa2In2O4P. The van der Waals surface area contributed by atoms with Gasteiger partial charge in [-0.3, -0.25) is 0 Å². The molecule has 0 aromatic heterocycles. The first kappa shape index (κ1) is 37.3. The molecule has 0 aliphatic rings. The smallest absolute Gasteiger partial charge is 3.00 e. The topological polar surface area (TPSA) is 86.2 Å². The molecule has 10 heavy (non-hydrogen) atoms. The Hall–Kier alpha value is 3.68. The van der Waals surface area contributed by atoms with Crippen LogP contribution in [0.25, 0.3) is 0 Å². The summed E-state index contributed by atoms with van der Waals surface area (Å²) < 4.78 is 8.55. The van der Waals surface area contributed by atoms with Gasteiger partial charge in [0.05, 0.1) is 0 Å². The zero-order valence-electron chi connectivity index (χ0n) is 4.84. The summed E-state index contributed by atoms with van der Waals surface area (Å²) in [6.45, 7) is 0. The largest absolute Gasteiger partial charge is 3.00 e. The maximum atomic E-state index is 8.55. The van der Waals surface area contributed by atoms with Crippen molar-refractivity contribution >= 4 is 117 Å². The molecule has 0 saturated carbocycles. The molecule has 0 unspecified atom stereocenters. The molecule has 0 aliphatic heterocycles. The van der Waals surface area contributed by atoms with Crippen molar-refractivity contribution in [2.45, 2.75) is 0 Å². The molecule has 0 bridgehead atoms. The van der Waals surface area contributed by atoms with E-state index >= 15 is 0 Å². The average molecular weight is 539 g/mol. The number of rotatable bonds is 0. The standard InChI is InChI=1S/As.2Ga.2In.H3O4P/c;;;;;1-5(2,3)4/h;;;;;(H3,1,2,3,4)/q-3;;;2*+3;/p-3. The Bertz CT molecular complexity index is 67.4. The Balaban J connectivity index is -0.00000000800. The van der Waals surface area contributed by atoms with E-state index in [9.17, 15) is 0 Å². The van der Waals surface area contributed by atoms with E-state index in [1.54, 1.807) is 0 Å². The van der Waals surface area contributed by atoms with Gasteiger partial charge in [-0.1, -0.05) is 0 Å². The van der Waals surface area contributed by atoms with E-state index in [2.05, 4.69) is 0 Å². The van der Waals surface area contributed by atoms with E-state index in [1.807, 2.05) is 0 Å². The van der Waals surface area contributed by atoms with Crippen molar-refractivity contribution in [2.24, 2.45) is 0 Å². The minimum Gasteiger partial charge on any atom is -3.00 e. The summed E-state index contributed by atoms with van der Waals surface area (Å²) in [5.74, 6) is 0. The fourth-order valence-electron chi connectivity index (χ4n) is 0. The summed E-state index contributed by atoms with van der Waals surface area (Å²) in [6.07, 6.45) is 0. The van der Waals surface area contributed by atoms with Crippen LogP contribution in [-0.2, 0) is 4.57 Å². The molecule has 0 rings (SSSR count). The van der Waals surface area contributed by atoms with Crippen LogP contribution in [-0.4, -0.2) is 109 Å². The van der Waals surface area contributed by atoms with Gasteiger partial charge in [-0.15, -0.1) is 0 Å². The number of hydrogen-bond acceptors (Lipinski definition) is 4. The van der Waals surface area contributed by atoms with Crippen molar-refractivity contribution in [1.82, 2.24) is 0 Å². The number of phosphoric acid groups is 1. The molecule has 0 spiro atoms. The van der Waals surface area contributed by atoms with E-state index in [1.165, 1.54) is 0 Å². The van der Waals surface area contributed by atoms with Crippen molar-refractivity contribution in [1.29, 1.82) is 0 Å². The third-order valence-corrected chi connectivity index (χ3v) is 0. The number of hydrogen-bond donors (Lipinski definition) is 0. The van der Waals surface area contributed by atoms with Gasteiger partial charge in [-0.25, -0.2) is 0 Å². The van der Waals surface area contributed by atoms with Crippen molar-refractivity contribution in [2.75, 3.05) is 0 Å². The molecule has 10 heteroatoms. The summed E-state index contributed by atoms with van der Waals surface area (Å²) in [6, 6.07) is 0. The van der Waals surface area contributed by atoms with Crippen molar-refractivity contribution < 1.29 is 19.2 Å². The predicted octanol–water partition coefficient (Wildman–Crippen LogP) is -4.73. The maximum Gasteiger partial charge on any atom is 3.00 e. The van der Waals surface area contributed by atoms with Crippen molar-refractivity contribution in [3.63, 3.8) is 0 Å². The van der Waals surface area contributed by atoms with Crippen LogP contribution in [0.2, 0.25) is 0 Å². The Labute approximate surface area is 134 Å². The monoisotopic (exact) mass is 538 g/mol. The van der Waals surface area contributed by atoms with Crippen LogP contribution >= 0.6 is 7.82 Å². The average Bonchev–Trinajstić information content (AvgIpc) is 0.722. The molecule has 0 aliphatic carbocycles. The second-order valence-electron chi connectivity index (χ2n) is 0.447. The van der Waals surface area contributed by atoms with Crippen molar-refractivity contribution in [3.8, 4) is 0 Å². The van der Waals surface area contributed by atoms with Crippen LogP contribution in [0.4, 0.5) is 0 Å². The van der Waals surface area contributed by atoms with Crippen LogP contribution < -0.4 is 14.7 Å². The van der Waals surface area contributed by atoms with Gasteiger partial charge in [-0.2, -0.15) is 7.82 Å². The van der Waals surface area contributed by atoms with Gasteiger partial charge in [0.1, 0.15) is 0 Å². The minimum atomic E-state index is -5.39. The van der Waals surface area contributed by atoms with Crippen molar-refractivity contribution in [3.05, 3.63) is 0 Å². The van der Waals surface area contributed by atoms with E-state index in [0.717, 1.165) is 0 Å². The second-order valence-corrected chi connectivity index (χ2v) is 1.34. The Morgan fingerprint density at radius 2 is 0.900 bits per heavy atom. The molecule has 0 amide bonds. The fraction of sp³-hybridized carbons (Fsp3) is 0. The molecule has 46 valence electrons. The Morgan fingerprint density at radius 3 is 0.900 bits per heavy atom. The van der Waals surface area contributed by atoms with Gasteiger partial charge in [-0.05, 0) is 0 Å². The SMILES string of the molecule is O=P([O-])([O-])[O-].[As-3].[Ga].[Ga].[In+3].[In+3]. The van der Waals surface area contributed by atoms with E-state index in [-0.39, 0.29) is 109 Å². The first-order valence-corrected chi connectivity index (χ1v) is 2.19. The normalized spacial score (nSPS) is 5.90. The van der Waals surface area contributed by atoms with E-state index in [4.69, 9.17) is 19.2 Å². The van der Waals surface area contributed by atoms with Gasteiger partial charge in [0.2, 0.25) is 0 Å². The Morgan fingerprint density at radius 1 is 0.900 bits per heavy atom. The van der Waals surface area contributed by atoms with Gasteiger partial charge in [0.15, 0.2) is 0 Å². The quantitative estimate of drug-likeness (QED) is 0.229. The molecular weight excluding hydrogens is 539 g/mol. The summed E-state index contributed by atoms with van der Waals surface area (Å²) in [4.78, 5) is 25.6. The van der Waals surface area contributed by atoms with Crippen LogP contribution in [0.3, 0.4) is 0 Å². The summed E-state index contributed by atoms with van der Waals surface area (Å²) in [5.41, 5.74) is 0. The predicted molar refractivity (Wildman–Crippen MR) is 36.4 cm³/mol. The van der Waals surface area contributed by atoms with Crippen LogP contribution in [0.1, 0.15) is 0 Å².